The highest BCUT2D eigenvalue weighted by Gasteiger charge is 2.17. The Balaban J connectivity index is 2.56. The summed E-state index contributed by atoms with van der Waals surface area (Å²) in [5.41, 5.74) is 0.498. The van der Waals surface area contributed by atoms with E-state index in [1.165, 1.54) is 7.11 Å². The maximum atomic E-state index is 11.5. The SMILES string of the molecule is COC(=O)c1cc(CNCC(C(C)C)N(C)C)oc1C. The van der Waals surface area contributed by atoms with Gasteiger partial charge in [0, 0.05) is 12.6 Å². The number of methoxy groups -OCH3 is 1. The monoisotopic (exact) mass is 282 g/mol. The van der Waals surface area contributed by atoms with Gasteiger partial charge in [0.1, 0.15) is 17.1 Å². The Morgan fingerprint density at radius 2 is 2.10 bits per heavy atom. The largest absolute Gasteiger partial charge is 0.465 e. The van der Waals surface area contributed by atoms with E-state index in [2.05, 4.69) is 38.2 Å². The summed E-state index contributed by atoms with van der Waals surface area (Å²) in [4.78, 5) is 13.7. The van der Waals surface area contributed by atoms with E-state index < -0.39 is 0 Å². The third-order valence-electron chi connectivity index (χ3n) is 3.46. The number of rotatable bonds is 7. The third-order valence-corrected chi connectivity index (χ3v) is 3.46. The number of aryl methyl sites for hydroxylation is 1. The number of likely N-dealkylation sites (N-methyl/N-ethyl adjacent to an activating group) is 1. The van der Waals surface area contributed by atoms with Crippen LogP contribution in [0.4, 0.5) is 0 Å². The number of hydrogen-bond acceptors (Lipinski definition) is 5. The fraction of sp³-hybridized carbons (Fsp3) is 0.667. The van der Waals surface area contributed by atoms with Crippen LogP contribution in [0.3, 0.4) is 0 Å². The molecule has 5 heteroatoms. The third kappa shape index (κ3) is 4.35. The molecule has 1 heterocycles. The van der Waals surface area contributed by atoms with Crippen molar-refractivity contribution in [2.75, 3.05) is 27.7 Å². The van der Waals surface area contributed by atoms with Gasteiger partial charge in [-0.25, -0.2) is 4.79 Å². The van der Waals surface area contributed by atoms with Crippen LogP contribution in [-0.4, -0.2) is 44.7 Å². The Morgan fingerprint density at radius 3 is 2.60 bits per heavy atom. The topological polar surface area (TPSA) is 54.7 Å². The Bertz CT molecular complexity index is 430. The van der Waals surface area contributed by atoms with Gasteiger partial charge in [-0.15, -0.1) is 0 Å². The van der Waals surface area contributed by atoms with Crippen molar-refractivity contribution >= 4 is 5.97 Å². The van der Waals surface area contributed by atoms with Crippen molar-refractivity contribution in [3.8, 4) is 0 Å². The lowest BCUT2D eigenvalue weighted by atomic mass is 10.0. The highest BCUT2D eigenvalue weighted by atomic mass is 16.5. The molecule has 0 spiro atoms. The van der Waals surface area contributed by atoms with Gasteiger partial charge in [0.2, 0.25) is 0 Å². The highest BCUT2D eigenvalue weighted by Crippen LogP contribution is 2.15. The van der Waals surface area contributed by atoms with E-state index in [1.54, 1.807) is 13.0 Å². The zero-order valence-electron chi connectivity index (χ0n) is 13.3. The molecule has 0 saturated heterocycles. The van der Waals surface area contributed by atoms with Gasteiger partial charge < -0.3 is 19.4 Å². The van der Waals surface area contributed by atoms with Crippen molar-refractivity contribution in [1.29, 1.82) is 0 Å². The van der Waals surface area contributed by atoms with Crippen LogP contribution in [-0.2, 0) is 11.3 Å². The molecule has 1 atom stereocenters. The quantitative estimate of drug-likeness (QED) is 0.776. The molecule has 0 bridgehead atoms. The smallest absolute Gasteiger partial charge is 0.341 e. The first-order chi connectivity index (χ1) is 9.36. The van der Waals surface area contributed by atoms with Crippen LogP contribution in [0.25, 0.3) is 0 Å². The number of ether oxygens (including phenoxy) is 1. The molecule has 0 radical (unpaired) electrons. The lowest BCUT2D eigenvalue weighted by molar-refractivity contribution is 0.0599. The van der Waals surface area contributed by atoms with Crippen molar-refractivity contribution in [2.24, 2.45) is 5.92 Å². The van der Waals surface area contributed by atoms with E-state index >= 15 is 0 Å². The van der Waals surface area contributed by atoms with Crippen LogP contribution in [0.2, 0.25) is 0 Å². The molecule has 114 valence electrons. The lowest BCUT2D eigenvalue weighted by Gasteiger charge is -2.28. The van der Waals surface area contributed by atoms with Gasteiger partial charge >= 0.3 is 5.97 Å². The van der Waals surface area contributed by atoms with Crippen LogP contribution < -0.4 is 5.32 Å². The Labute approximate surface area is 121 Å². The molecule has 0 aliphatic rings. The standard InChI is InChI=1S/C15H26N2O3/c1-10(2)14(17(4)5)9-16-8-12-7-13(11(3)20-12)15(18)19-6/h7,10,14,16H,8-9H2,1-6H3. The molecular formula is C15H26N2O3. The van der Waals surface area contributed by atoms with E-state index in [1.807, 2.05) is 0 Å². The second-order valence-electron chi connectivity index (χ2n) is 5.58. The maximum absolute atomic E-state index is 11.5. The second-order valence-corrected chi connectivity index (χ2v) is 5.58. The molecule has 0 aromatic carbocycles. The van der Waals surface area contributed by atoms with E-state index in [-0.39, 0.29) is 5.97 Å². The van der Waals surface area contributed by atoms with Crippen LogP contribution in [0.1, 0.15) is 35.7 Å². The Morgan fingerprint density at radius 1 is 1.45 bits per heavy atom. The molecule has 5 nitrogen and oxygen atoms in total. The average Bonchev–Trinajstić information content (AvgIpc) is 2.74. The first-order valence-electron chi connectivity index (χ1n) is 6.91. The van der Waals surface area contributed by atoms with E-state index in [0.29, 0.717) is 29.8 Å². The van der Waals surface area contributed by atoms with Crippen molar-refractivity contribution < 1.29 is 13.9 Å². The molecule has 1 unspecified atom stereocenters. The molecule has 0 amide bonds. The van der Waals surface area contributed by atoms with E-state index in [0.717, 1.165) is 12.3 Å². The molecule has 20 heavy (non-hydrogen) atoms. The minimum absolute atomic E-state index is 0.356. The summed E-state index contributed by atoms with van der Waals surface area (Å²) in [5, 5.41) is 3.37. The minimum atomic E-state index is -0.356. The van der Waals surface area contributed by atoms with E-state index in [9.17, 15) is 4.79 Å². The van der Waals surface area contributed by atoms with Crippen LogP contribution in [0.5, 0.6) is 0 Å². The molecule has 0 fully saturated rings. The van der Waals surface area contributed by atoms with E-state index in [4.69, 9.17) is 9.15 Å². The zero-order chi connectivity index (χ0) is 15.3. The van der Waals surface area contributed by atoms with Gasteiger partial charge in [-0.2, -0.15) is 0 Å². The Kier molecular flexibility index (Phi) is 6.23. The first-order valence-corrected chi connectivity index (χ1v) is 6.91. The summed E-state index contributed by atoms with van der Waals surface area (Å²) in [6.45, 7) is 7.66. The lowest BCUT2D eigenvalue weighted by Crippen LogP contribution is -2.41. The molecule has 1 aromatic rings. The van der Waals surface area contributed by atoms with Gasteiger partial charge in [-0.3, -0.25) is 0 Å². The Hall–Kier alpha value is -1.33. The van der Waals surface area contributed by atoms with Gasteiger partial charge in [-0.05, 0) is 33.0 Å². The number of carbonyl (C=O) groups is 1. The number of esters is 1. The van der Waals surface area contributed by atoms with Crippen molar-refractivity contribution in [2.45, 2.75) is 33.4 Å². The molecule has 0 aliphatic carbocycles. The number of carbonyl (C=O) groups excluding carboxylic acids is 1. The van der Waals surface area contributed by atoms with Gasteiger partial charge in [-0.1, -0.05) is 13.8 Å². The van der Waals surface area contributed by atoms with Crippen molar-refractivity contribution in [3.63, 3.8) is 0 Å². The van der Waals surface area contributed by atoms with Crippen LogP contribution in [0.15, 0.2) is 10.5 Å². The summed E-state index contributed by atoms with van der Waals surface area (Å²) < 4.78 is 10.3. The predicted molar refractivity (Wildman–Crippen MR) is 78.8 cm³/mol. The van der Waals surface area contributed by atoms with Crippen molar-refractivity contribution in [3.05, 3.63) is 23.2 Å². The summed E-state index contributed by atoms with van der Waals surface area (Å²) in [7, 11) is 5.54. The summed E-state index contributed by atoms with van der Waals surface area (Å²) in [6, 6.07) is 2.21. The number of nitrogens with one attached hydrogen (secondary N) is 1. The number of hydrogen-bond donors (Lipinski definition) is 1. The number of furan rings is 1. The molecule has 1 N–H and O–H groups in total. The fourth-order valence-corrected chi connectivity index (χ4v) is 2.30. The van der Waals surface area contributed by atoms with Crippen LogP contribution in [0, 0.1) is 12.8 Å². The summed E-state index contributed by atoms with van der Waals surface area (Å²) >= 11 is 0. The summed E-state index contributed by atoms with van der Waals surface area (Å²) in [6.07, 6.45) is 0. The average molecular weight is 282 g/mol. The molecule has 0 aliphatic heterocycles. The molecule has 1 aromatic heterocycles. The second kappa shape index (κ2) is 7.45. The van der Waals surface area contributed by atoms with Crippen molar-refractivity contribution in [1.82, 2.24) is 10.2 Å². The zero-order valence-corrected chi connectivity index (χ0v) is 13.3. The van der Waals surface area contributed by atoms with Gasteiger partial charge in [0.05, 0.1) is 13.7 Å². The molecule has 0 saturated carbocycles. The first kappa shape index (κ1) is 16.7. The molecular weight excluding hydrogens is 256 g/mol. The molecule has 1 rings (SSSR count). The minimum Gasteiger partial charge on any atom is -0.465 e. The van der Waals surface area contributed by atoms with Gasteiger partial charge in [0.15, 0.2) is 0 Å². The summed E-state index contributed by atoms with van der Waals surface area (Å²) in [5.74, 6) is 1.57. The number of nitrogens with zero attached hydrogens (tertiary/aromatic N) is 1. The van der Waals surface area contributed by atoms with Gasteiger partial charge in [0.25, 0.3) is 0 Å². The van der Waals surface area contributed by atoms with Crippen LogP contribution >= 0.6 is 0 Å². The highest BCUT2D eigenvalue weighted by molar-refractivity contribution is 5.90. The maximum Gasteiger partial charge on any atom is 0.341 e. The fourth-order valence-electron chi connectivity index (χ4n) is 2.30. The predicted octanol–water partition coefficient (Wildman–Crippen LogP) is 2.05. The normalized spacial score (nSPS) is 13.0.